The standard InChI is InChI=1S/C12H10Br2N4O2S/c1-6-11(19)18(12(21)17-16-6)15-5-7-3-8(13)4-9(14)10(7)20-2/h3-5H,1-2H3,(H,17,21)/b15-5-. The molecule has 0 aliphatic heterocycles. The fourth-order valence-electron chi connectivity index (χ4n) is 1.59. The van der Waals surface area contributed by atoms with E-state index < -0.39 is 0 Å². The van der Waals surface area contributed by atoms with Crippen molar-refractivity contribution in [2.24, 2.45) is 5.10 Å². The van der Waals surface area contributed by atoms with Gasteiger partial charge in [0.15, 0.2) is 0 Å². The van der Waals surface area contributed by atoms with Crippen molar-refractivity contribution in [1.82, 2.24) is 14.9 Å². The number of hydrogen-bond donors (Lipinski definition) is 1. The molecule has 9 heteroatoms. The third-order valence-corrected chi connectivity index (χ3v) is 3.88. The molecular weight excluding hydrogens is 424 g/mol. The number of hydrogen-bond acceptors (Lipinski definition) is 5. The summed E-state index contributed by atoms with van der Waals surface area (Å²) in [6, 6.07) is 3.67. The zero-order valence-electron chi connectivity index (χ0n) is 11.1. The Morgan fingerprint density at radius 3 is 2.86 bits per heavy atom. The van der Waals surface area contributed by atoms with Crippen LogP contribution >= 0.6 is 44.1 Å². The highest BCUT2D eigenvalue weighted by Gasteiger charge is 2.08. The number of nitrogens with one attached hydrogen (secondary N) is 1. The summed E-state index contributed by atoms with van der Waals surface area (Å²) in [5.74, 6) is 0.607. The van der Waals surface area contributed by atoms with Gasteiger partial charge in [-0.15, -0.1) is 0 Å². The Kier molecular flexibility index (Phi) is 5.07. The van der Waals surface area contributed by atoms with Crippen LogP contribution in [0.3, 0.4) is 0 Å². The number of halogens is 2. The van der Waals surface area contributed by atoms with Crippen molar-refractivity contribution in [3.8, 4) is 5.75 Å². The molecule has 0 fully saturated rings. The van der Waals surface area contributed by atoms with Crippen LogP contribution in [-0.2, 0) is 0 Å². The summed E-state index contributed by atoms with van der Waals surface area (Å²) < 4.78 is 8.12. The average Bonchev–Trinajstić information content (AvgIpc) is 2.42. The first-order chi connectivity index (χ1) is 9.93. The minimum absolute atomic E-state index is 0.120. The molecule has 0 aliphatic rings. The summed E-state index contributed by atoms with van der Waals surface area (Å²) in [6.07, 6.45) is 1.50. The molecule has 2 aromatic rings. The molecule has 0 amide bonds. The Morgan fingerprint density at radius 2 is 2.19 bits per heavy atom. The van der Waals surface area contributed by atoms with Crippen molar-refractivity contribution >= 4 is 50.3 Å². The molecule has 0 radical (unpaired) electrons. The fourth-order valence-corrected chi connectivity index (χ4v) is 3.18. The quantitative estimate of drug-likeness (QED) is 0.596. The molecule has 0 spiro atoms. The predicted molar refractivity (Wildman–Crippen MR) is 89.8 cm³/mol. The Bertz CT molecular complexity index is 829. The summed E-state index contributed by atoms with van der Waals surface area (Å²) >= 11 is 11.8. The predicted octanol–water partition coefficient (Wildman–Crippen LogP) is 3.03. The SMILES string of the molecule is COc1c(Br)cc(Br)cc1/C=N\n1c(=S)[nH]nc(C)c1=O. The van der Waals surface area contributed by atoms with Crippen LogP contribution in [0.4, 0.5) is 0 Å². The second kappa shape index (κ2) is 6.63. The van der Waals surface area contributed by atoms with Gasteiger partial charge in [0, 0.05) is 10.0 Å². The van der Waals surface area contributed by atoms with E-state index in [1.54, 1.807) is 14.0 Å². The van der Waals surface area contributed by atoms with Gasteiger partial charge in [0.05, 0.1) is 17.8 Å². The highest BCUT2D eigenvalue weighted by Crippen LogP contribution is 2.31. The lowest BCUT2D eigenvalue weighted by atomic mass is 10.2. The Balaban J connectivity index is 2.55. The Labute approximate surface area is 142 Å². The molecule has 0 unspecified atom stereocenters. The molecule has 1 heterocycles. The molecule has 21 heavy (non-hydrogen) atoms. The number of aromatic nitrogens is 3. The molecule has 1 N–H and O–H groups in total. The third-order valence-electron chi connectivity index (χ3n) is 2.57. The van der Waals surface area contributed by atoms with Gasteiger partial charge in [-0.2, -0.15) is 14.9 Å². The number of rotatable bonds is 3. The molecule has 0 saturated carbocycles. The number of aryl methyl sites for hydroxylation is 1. The molecule has 2 rings (SSSR count). The van der Waals surface area contributed by atoms with Crippen LogP contribution in [0.5, 0.6) is 5.75 Å². The van der Waals surface area contributed by atoms with Gasteiger partial charge in [-0.25, -0.2) is 0 Å². The van der Waals surface area contributed by atoms with Gasteiger partial charge in [0.1, 0.15) is 11.4 Å². The molecule has 0 aliphatic carbocycles. The maximum Gasteiger partial charge on any atom is 0.296 e. The normalized spacial score (nSPS) is 11.0. The van der Waals surface area contributed by atoms with Crippen molar-refractivity contribution < 1.29 is 4.74 Å². The number of benzene rings is 1. The number of ether oxygens (including phenoxy) is 1. The highest BCUT2D eigenvalue weighted by atomic mass is 79.9. The molecule has 0 saturated heterocycles. The monoisotopic (exact) mass is 432 g/mol. The lowest BCUT2D eigenvalue weighted by molar-refractivity contribution is 0.411. The molecule has 1 aromatic carbocycles. The van der Waals surface area contributed by atoms with E-state index in [0.717, 1.165) is 13.6 Å². The summed E-state index contributed by atoms with van der Waals surface area (Å²) in [4.78, 5) is 11.9. The largest absolute Gasteiger partial charge is 0.495 e. The van der Waals surface area contributed by atoms with Crippen LogP contribution < -0.4 is 10.3 Å². The molecule has 0 atom stereocenters. The van der Waals surface area contributed by atoms with Crippen molar-refractivity contribution in [3.05, 3.63) is 47.5 Å². The molecule has 0 bridgehead atoms. The van der Waals surface area contributed by atoms with E-state index in [-0.39, 0.29) is 16.0 Å². The average molecular weight is 434 g/mol. The van der Waals surface area contributed by atoms with Crippen LogP contribution in [0.2, 0.25) is 0 Å². The van der Waals surface area contributed by atoms with Crippen LogP contribution in [0.1, 0.15) is 11.3 Å². The summed E-state index contributed by atoms with van der Waals surface area (Å²) in [5, 5.41) is 10.4. The maximum absolute atomic E-state index is 11.9. The van der Waals surface area contributed by atoms with E-state index in [9.17, 15) is 4.79 Å². The van der Waals surface area contributed by atoms with Gasteiger partial charge in [0.25, 0.3) is 5.56 Å². The van der Waals surface area contributed by atoms with Crippen molar-refractivity contribution in [2.75, 3.05) is 7.11 Å². The van der Waals surface area contributed by atoms with E-state index in [1.807, 2.05) is 12.1 Å². The number of H-pyrrole nitrogens is 1. The number of methoxy groups -OCH3 is 1. The topological polar surface area (TPSA) is 72.3 Å². The Morgan fingerprint density at radius 1 is 1.48 bits per heavy atom. The second-order valence-electron chi connectivity index (χ2n) is 3.99. The maximum atomic E-state index is 11.9. The summed E-state index contributed by atoms with van der Waals surface area (Å²) in [7, 11) is 1.56. The molecule has 1 aromatic heterocycles. The summed E-state index contributed by atoms with van der Waals surface area (Å²) in [5.41, 5.74) is 0.598. The minimum atomic E-state index is -0.372. The van der Waals surface area contributed by atoms with Gasteiger partial charge >= 0.3 is 0 Å². The van der Waals surface area contributed by atoms with Gasteiger partial charge in [-0.05, 0) is 47.2 Å². The van der Waals surface area contributed by atoms with Crippen LogP contribution in [0.15, 0.2) is 31.0 Å². The van der Waals surface area contributed by atoms with E-state index in [2.05, 4.69) is 47.2 Å². The first-order valence-corrected chi connectivity index (χ1v) is 7.69. The first-order valence-electron chi connectivity index (χ1n) is 5.69. The van der Waals surface area contributed by atoms with Gasteiger partial charge < -0.3 is 4.74 Å². The van der Waals surface area contributed by atoms with Crippen LogP contribution in [0.25, 0.3) is 0 Å². The molecular formula is C12H10Br2N4O2S. The minimum Gasteiger partial charge on any atom is -0.495 e. The lowest BCUT2D eigenvalue weighted by Gasteiger charge is -2.08. The van der Waals surface area contributed by atoms with E-state index in [0.29, 0.717) is 11.3 Å². The van der Waals surface area contributed by atoms with Crippen molar-refractivity contribution in [2.45, 2.75) is 6.92 Å². The number of nitrogens with zero attached hydrogens (tertiary/aromatic N) is 3. The van der Waals surface area contributed by atoms with Crippen LogP contribution in [0, 0.1) is 11.7 Å². The molecule has 110 valence electrons. The zero-order valence-corrected chi connectivity index (χ0v) is 15.0. The number of aromatic amines is 1. The summed E-state index contributed by atoms with van der Waals surface area (Å²) in [6.45, 7) is 1.58. The third kappa shape index (κ3) is 3.47. The van der Waals surface area contributed by atoms with Gasteiger partial charge in [-0.3, -0.25) is 9.89 Å². The fraction of sp³-hybridized carbons (Fsp3) is 0.167. The molecule has 6 nitrogen and oxygen atoms in total. The van der Waals surface area contributed by atoms with Crippen molar-refractivity contribution in [3.63, 3.8) is 0 Å². The van der Waals surface area contributed by atoms with Gasteiger partial charge in [0.2, 0.25) is 4.77 Å². The highest BCUT2D eigenvalue weighted by molar-refractivity contribution is 9.11. The first kappa shape index (κ1) is 16.1. The van der Waals surface area contributed by atoms with Gasteiger partial charge in [-0.1, -0.05) is 15.9 Å². The van der Waals surface area contributed by atoms with E-state index in [4.69, 9.17) is 17.0 Å². The van der Waals surface area contributed by atoms with Crippen LogP contribution in [-0.4, -0.2) is 28.2 Å². The lowest BCUT2D eigenvalue weighted by Crippen LogP contribution is -2.22. The van der Waals surface area contributed by atoms with E-state index in [1.165, 1.54) is 6.21 Å². The smallest absolute Gasteiger partial charge is 0.296 e. The second-order valence-corrected chi connectivity index (χ2v) is 6.14. The zero-order chi connectivity index (χ0) is 15.6. The van der Waals surface area contributed by atoms with Crippen molar-refractivity contribution in [1.29, 1.82) is 0 Å². The Hall–Kier alpha value is -1.32. The van der Waals surface area contributed by atoms with E-state index >= 15 is 0 Å².